The van der Waals surface area contributed by atoms with Gasteiger partial charge in [-0.15, -0.1) is 0 Å². The highest BCUT2D eigenvalue weighted by Crippen LogP contribution is 1.89. The van der Waals surface area contributed by atoms with Gasteiger partial charge in [-0.3, -0.25) is 4.79 Å². The van der Waals surface area contributed by atoms with E-state index < -0.39 is 0 Å². The van der Waals surface area contributed by atoms with Crippen LogP contribution >= 0.6 is 0 Å². The third-order valence-electron chi connectivity index (χ3n) is 4.60. The van der Waals surface area contributed by atoms with Crippen LogP contribution in [0.5, 0.6) is 0 Å². The minimum atomic E-state index is -0.249. The molecule has 1 N–H and O–H groups in total. The van der Waals surface area contributed by atoms with E-state index in [-0.39, 0.29) is 12.4 Å². The minimum absolute atomic E-state index is 0.249. The quantitative estimate of drug-likeness (QED) is 0.0841. The maximum atomic E-state index is 11.1. The van der Waals surface area contributed by atoms with Crippen LogP contribution in [0.3, 0.4) is 0 Å². The normalized spacial score (nSPS) is 11.3. The summed E-state index contributed by atoms with van der Waals surface area (Å²) in [4.78, 5) is 11.1. The van der Waals surface area contributed by atoms with Crippen molar-refractivity contribution in [1.29, 1.82) is 0 Å². The average Bonchev–Trinajstić information content (AvgIpc) is 2.94. The van der Waals surface area contributed by atoms with Crippen LogP contribution in [0.15, 0.2) is 0 Å². The molecule has 0 radical (unpaired) electrons. The third kappa shape index (κ3) is 35.0. The fraction of sp³-hybridized carbons (Fsp3) is 0.962. The van der Waals surface area contributed by atoms with Crippen LogP contribution in [0, 0.1) is 0 Å². The molecule has 0 aromatic carbocycles. The van der Waals surface area contributed by atoms with Crippen LogP contribution in [-0.2, 0) is 56.9 Å². The molecule has 0 saturated carbocycles. The predicted octanol–water partition coefficient (Wildman–Crippen LogP) is 0.325. The fourth-order valence-corrected chi connectivity index (χ4v) is 2.64. The lowest BCUT2D eigenvalue weighted by atomic mass is 10.5. The Labute approximate surface area is 234 Å². The Bertz CT molecular complexity index is 476. The SMILES string of the molecule is CCOC(=O)CCOCCOCCOCCOCCOCCOCCOCCOCCOCCOCCNC. The molecule has 39 heavy (non-hydrogen) atoms. The van der Waals surface area contributed by atoms with Crippen molar-refractivity contribution < 1.29 is 56.9 Å². The first-order valence-electron chi connectivity index (χ1n) is 13.9. The molecule has 234 valence electrons. The molecular weight excluding hydrogens is 518 g/mol. The second-order valence-corrected chi connectivity index (χ2v) is 7.78. The number of ether oxygens (including phenoxy) is 11. The van der Waals surface area contributed by atoms with Gasteiger partial charge in [-0.25, -0.2) is 0 Å². The maximum absolute atomic E-state index is 11.1. The molecule has 0 spiro atoms. The summed E-state index contributed by atoms with van der Waals surface area (Å²) in [6.45, 7) is 13.2. The zero-order chi connectivity index (χ0) is 28.3. The monoisotopic (exact) mass is 571 g/mol. The molecule has 0 aromatic rings. The van der Waals surface area contributed by atoms with E-state index in [9.17, 15) is 4.79 Å². The lowest BCUT2D eigenvalue weighted by molar-refractivity contribution is -0.144. The Morgan fingerprint density at radius 3 is 0.949 bits per heavy atom. The topological polar surface area (TPSA) is 131 Å². The summed E-state index contributed by atoms with van der Waals surface area (Å²) in [6.07, 6.45) is 0.259. The van der Waals surface area contributed by atoms with Crippen molar-refractivity contribution in [2.24, 2.45) is 0 Å². The van der Waals surface area contributed by atoms with E-state index in [0.29, 0.717) is 139 Å². The first kappa shape index (κ1) is 38.0. The third-order valence-corrected chi connectivity index (χ3v) is 4.60. The number of rotatable bonds is 34. The van der Waals surface area contributed by atoms with Crippen molar-refractivity contribution in [1.82, 2.24) is 5.32 Å². The van der Waals surface area contributed by atoms with Gasteiger partial charge >= 0.3 is 5.97 Å². The molecular formula is C26H53NO12. The second kappa shape index (κ2) is 35.1. The minimum Gasteiger partial charge on any atom is -0.466 e. The van der Waals surface area contributed by atoms with Crippen LogP contribution in [-0.4, -0.2) is 158 Å². The lowest BCUT2D eigenvalue weighted by Crippen LogP contribution is -2.17. The average molecular weight is 572 g/mol. The number of carbonyl (C=O) groups is 1. The molecule has 0 atom stereocenters. The molecule has 0 rings (SSSR count). The van der Waals surface area contributed by atoms with Crippen molar-refractivity contribution >= 4 is 5.97 Å². The number of nitrogens with one attached hydrogen (secondary N) is 1. The highest BCUT2D eigenvalue weighted by molar-refractivity contribution is 5.69. The van der Waals surface area contributed by atoms with E-state index >= 15 is 0 Å². The molecule has 0 unspecified atom stereocenters. The summed E-state index contributed by atoms with van der Waals surface area (Å²) >= 11 is 0. The van der Waals surface area contributed by atoms with E-state index in [2.05, 4.69) is 5.32 Å². The van der Waals surface area contributed by atoms with Gasteiger partial charge in [0.1, 0.15) is 0 Å². The second-order valence-electron chi connectivity index (χ2n) is 7.78. The molecule has 0 aromatic heterocycles. The van der Waals surface area contributed by atoms with E-state index in [1.165, 1.54) is 0 Å². The number of hydrogen-bond acceptors (Lipinski definition) is 13. The first-order chi connectivity index (χ1) is 19.3. The van der Waals surface area contributed by atoms with E-state index in [1.54, 1.807) is 6.92 Å². The maximum Gasteiger partial charge on any atom is 0.308 e. The zero-order valence-electron chi connectivity index (χ0n) is 24.2. The standard InChI is InChI=1S/C26H53NO12/c1-3-39-26(28)4-6-29-8-10-31-12-14-33-16-18-35-20-22-37-24-25-38-23-21-36-19-17-34-15-13-32-11-9-30-7-5-27-2/h27H,3-25H2,1-2H3. The molecule has 0 bridgehead atoms. The van der Waals surface area contributed by atoms with Gasteiger partial charge in [0.05, 0.1) is 145 Å². The Morgan fingerprint density at radius 1 is 0.436 bits per heavy atom. The van der Waals surface area contributed by atoms with Gasteiger partial charge in [0.2, 0.25) is 0 Å². The summed E-state index contributed by atoms with van der Waals surface area (Å²) < 4.78 is 58.9. The van der Waals surface area contributed by atoms with Crippen LogP contribution < -0.4 is 5.32 Å². The molecule has 0 fully saturated rings. The van der Waals surface area contributed by atoms with Gasteiger partial charge in [0.25, 0.3) is 0 Å². The van der Waals surface area contributed by atoms with Gasteiger partial charge in [0, 0.05) is 6.54 Å². The van der Waals surface area contributed by atoms with Gasteiger partial charge < -0.3 is 57.4 Å². The smallest absolute Gasteiger partial charge is 0.308 e. The van der Waals surface area contributed by atoms with E-state index in [4.69, 9.17) is 52.1 Å². The summed E-state index contributed by atoms with van der Waals surface area (Å²) in [6, 6.07) is 0. The highest BCUT2D eigenvalue weighted by Gasteiger charge is 2.00. The summed E-state index contributed by atoms with van der Waals surface area (Å²) in [7, 11) is 1.89. The molecule has 0 aliphatic carbocycles. The van der Waals surface area contributed by atoms with Gasteiger partial charge in [-0.1, -0.05) is 0 Å². The number of esters is 1. The number of hydrogen-bond donors (Lipinski definition) is 1. The van der Waals surface area contributed by atoms with Gasteiger partial charge in [-0.2, -0.15) is 0 Å². The number of carbonyl (C=O) groups excluding carboxylic acids is 1. The van der Waals surface area contributed by atoms with E-state index in [0.717, 1.165) is 6.54 Å². The highest BCUT2D eigenvalue weighted by atomic mass is 16.6. The lowest BCUT2D eigenvalue weighted by Gasteiger charge is -2.09. The first-order valence-corrected chi connectivity index (χ1v) is 13.9. The van der Waals surface area contributed by atoms with E-state index in [1.807, 2.05) is 7.05 Å². The summed E-state index contributed by atoms with van der Waals surface area (Å²) in [5.41, 5.74) is 0. The Balaban J connectivity index is 3.04. The Hall–Kier alpha value is -0.970. The summed E-state index contributed by atoms with van der Waals surface area (Å²) in [5, 5.41) is 3.01. The predicted molar refractivity (Wildman–Crippen MR) is 143 cm³/mol. The Kier molecular flexibility index (Phi) is 34.2. The van der Waals surface area contributed by atoms with Crippen LogP contribution in [0.4, 0.5) is 0 Å². The summed E-state index contributed by atoms with van der Waals surface area (Å²) in [5.74, 6) is -0.249. The number of likely N-dealkylation sites (N-methyl/N-ethyl adjacent to an activating group) is 1. The molecule has 0 aliphatic heterocycles. The molecule has 0 amide bonds. The van der Waals surface area contributed by atoms with Crippen molar-refractivity contribution in [2.45, 2.75) is 13.3 Å². The molecule has 0 aliphatic rings. The van der Waals surface area contributed by atoms with Crippen molar-refractivity contribution in [3.05, 3.63) is 0 Å². The van der Waals surface area contributed by atoms with Crippen LogP contribution in [0.25, 0.3) is 0 Å². The van der Waals surface area contributed by atoms with Crippen molar-refractivity contribution in [2.75, 3.05) is 152 Å². The zero-order valence-corrected chi connectivity index (χ0v) is 24.2. The van der Waals surface area contributed by atoms with Crippen LogP contribution in [0.2, 0.25) is 0 Å². The molecule has 13 heteroatoms. The Morgan fingerprint density at radius 2 is 0.692 bits per heavy atom. The van der Waals surface area contributed by atoms with Crippen molar-refractivity contribution in [3.8, 4) is 0 Å². The van der Waals surface area contributed by atoms with Crippen molar-refractivity contribution in [3.63, 3.8) is 0 Å². The fourth-order valence-electron chi connectivity index (χ4n) is 2.64. The molecule has 0 saturated heterocycles. The largest absolute Gasteiger partial charge is 0.466 e. The molecule has 13 nitrogen and oxygen atoms in total. The molecule has 0 heterocycles. The van der Waals surface area contributed by atoms with Crippen LogP contribution in [0.1, 0.15) is 13.3 Å². The van der Waals surface area contributed by atoms with Gasteiger partial charge in [-0.05, 0) is 14.0 Å². The van der Waals surface area contributed by atoms with Gasteiger partial charge in [0.15, 0.2) is 0 Å².